The van der Waals surface area contributed by atoms with E-state index in [9.17, 15) is 0 Å². The summed E-state index contributed by atoms with van der Waals surface area (Å²) in [7, 11) is 0.924. The van der Waals surface area contributed by atoms with Crippen LogP contribution in [0.4, 0.5) is 0 Å². The summed E-state index contributed by atoms with van der Waals surface area (Å²) in [6.45, 7) is 3.76. The molecule has 0 N–H and O–H groups in total. The molecule has 1 atom stereocenters. The minimum absolute atomic E-state index is 0. The molecule has 0 aromatic heterocycles. The van der Waals surface area contributed by atoms with Crippen molar-refractivity contribution in [3.05, 3.63) is 0 Å². The predicted octanol–water partition coefficient (Wildman–Crippen LogP) is 2.63. The van der Waals surface area contributed by atoms with E-state index >= 15 is 0 Å². The molecule has 0 aliphatic heterocycles. The van der Waals surface area contributed by atoms with Crippen LogP contribution in [0.2, 0.25) is 0 Å². The van der Waals surface area contributed by atoms with Gasteiger partial charge in [-0.25, -0.2) is 0 Å². The maximum Gasteiger partial charge on any atom is 0.00628 e. The smallest absolute Gasteiger partial charge is 0.00628 e. The Bertz CT molecular complexity index is 188. The van der Waals surface area contributed by atoms with Gasteiger partial charge in [-0.15, -0.1) is 35.2 Å². The Morgan fingerprint density at radius 1 is 1.31 bits per heavy atom. The van der Waals surface area contributed by atoms with E-state index in [2.05, 4.69) is 32.2 Å². The standard InChI is InChI=1S/C7H17P3.W.2Y/c1-8-6-9(2)7-10(3,4)5;;;/h9H,1-3,6-7H2,4-5H3;;;. The predicted molar refractivity (Wildman–Crippen MR) is 65.1 cm³/mol. The topological polar surface area (TPSA) is 0 Å². The molecular formula is C7H17P3WY2. The van der Waals surface area contributed by atoms with Crippen molar-refractivity contribution in [3.63, 3.8) is 0 Å². The number of rotatable bonds is 4. The van der Waals surface area contributed by atoms with Gasteiger partial charge in [0, 0.05) is 92.4 Å². The zero-order chi connectivity index (χ0) is 8.20. The van der Waals surface area contributed by atoms with Gasteiger partial charge >= 0.3 is 0 Å². The van der Waals surface area contributed by atoms with E-state index in [0.29, 0.717) is 0 Å². The fraction of sp³-hybridized carbons (Fsp3) is 0.571. The quantitative estimate of drug-likeness (QED) is 0.468. The monoisotopic (exact) mass is 556 g/mol. The van der Waals surface area contributed by atoms with Crippen molar-refractivity contribution < 1.29 is 86.5 Å². The minimum atomic E-state index is -0.801. The van der Waals surface area contributed by atoms with Crippen molar-refractivity contribution in [3.8, 4) is 0 Å². The molecular weight excluding hydrogens is 539 g/mol. The van der Waals surface area contributed by atoms with Crippen LogP contribution in [0.15, 0.2) is 0 Å². The van der Waals surface area contributed by atoms with Gasteiger partial charge in [0.2, 0.25) is 0 Å². The summed E-state index contributed by atoms with van der Waals surface area (Å²) < 4.78 is 0. The Hall–Kier alpha value is 3.67. The molecule has 0 spiro atoms. The fourth-order valence-corrected chi connectivity index (χ4v) is 8.22. The van der Waals surface area contributed by atoms with Gasteiger partial charge in [0.25, 0.3) is 0 Å². The van der Waals surface area contributed by atoms with Gasteiger partial charge in [0.05, 0.1) is 0 Å². The van der Waals surface area contributed by atoms with Gasteiger partial charge in [-0.2, -0.15) is 0 Å². The van der Waals surface area contributed by atoms with Crippen LogP contribution >= 0.6 is 22.6 Å². The molecule has 0 fully saturated rings. The molecule has 13 heavy (non-hydrogen) atoms. The number of hydrogen-bond acceptors (Lipinski definition) is 0. The molecule has 1 unspecified atom stereocenters. The summed E-state index contributed by atoms with van der Waals surface area (Å²) in [5.74, 6) is 2.53. The maximum absolute atomic E-state index is 4.17. The van der Waals surface area contributed by atoms with Crippen molar-refractivity contribution in [2.45, 2.75) is 0 Å². The van der Waals surface area contributed by atoms with Crippen molar-refractivity contribution in [2.75, 3.05) is 25.1 Å². The summed E-state index contributed by atoms with van der Waals surface area (Å²) in [4.78, 5) is 0. The molecule has 0 aromatic rings. The minimum Gasteiger partial charge on any atom is -0.114 e. The Morgan fingerprint density at radius 3 is 1.92 bits per heavy atom. The largest absolute Gasteiger partial charge is 0.114 e. The SMILES string of the molecule is C=PC[PH](=C)CP(=C)(C)C.[W].[Y].[Y]. The number of hydrogen-bond donors (Lipinski definition) is 0. The summed E-state index contributed by atoms with van der Waals surface area (Å²) in [5, 5.41) is 0. The van der Waals surface area contributed by atoms with Gasteiger partial charge in [-0.1, -0.05) is 6.30 Å². The molecule has 0 saturated carbocycles. The van der Waals surface area contributed by atoms with Crippen LogP contribution in [-0.4, -0.2) is 44.0 Å². The van der Waals surface area contributed by atoms with E-state index in [-0.39, 0.29) is 94.0 Å². The normalized spacial score (nSPS) is 11.8. The van der Waals surface area contributed by atoms with Gasteiger partial charge in [0.1, 0.15) is 0 Å². The van der Waals surface area contributed by atoms with Crippen LogP contribution in [-0.2, 0) is 86.5 Å². The molecule has 6 heteroatoms. The van der Waals surface area contributed by atoms with E-state index in [4.69, 9.17) is 0 Å². The molecule has 0 aromatic carbocycles. The first-order valence-electron chi connectivity index (χ1n) is 3.22. The Kier molecular flexibility index (Phi) is 26.9. The molecule has 0 amide bonds. The van der Waals surface area contributed by atoms with E-state index in [1.807, 2.05) is 0 Å². The van der Waals surface area contributed by atoms with Crippen molar-refractivity contribution in [2.24, 2.45) is 0 Å². The fourth-order valence-electron chi connectivity index (χ4n) is 0.813. The van der Waals surface area contributed by atoms with Crippen LogP contribution in [0.5, 0.6) is 0 Å². The maximum atomic E-state index is 4.17. The van der Waals surface area contributed by atoms with Crippen LogP contribution in [0, 0.1) is 0 Å². The molecule has 0 bridgehead atoms. The van der Waals surface area contributed by atoms with Gasteiger partial charge in [-0.05, 0) is 19.2 Å². The van der Waals surface area contributed by atoms with Gasteiger partial charge in [-0.3, -0.25) is 0 Å². The molecule has 0 aliphatic rings. The first kappa shape index (κ1) is 25.5. The van der Waals surface area contributed by atoms with Crippen molar-refractivity contribution in [1.29, 1.82) is 0 Å². The molecule has 0 heterocycles. The second-order valence-corrected chi connectivity index (χ2v) is 11.6. The summed E-state index contributed by atoms with van der Waals surface area (Å²) in [6.07, 6.45) is 12.1. The average Bonchev–Trinajstić information content (AvgIpc) is 1.59. The van der Waals surface area contributed by atoms with Crippen molar-refractivity contribution in [1.82, 2.24) is 0 Å². The molecule has 72 valence electrons. The molecule has 0 saturated heterocycles. The van der Waals surface area contributed by atoms with E-state index in [1.54, 1.807) is 0 Å². The summed E-state index contributed by atoms with van der Waals surface area (Å²) in [5.41, 5.74) is 0. The molecule has 0 rings (SSSR count). The third-order valence-electron chi connectivity index (χ3n) is 0.987. The first-order chi connectivity index (χ1) is 4.45. The van der Waals surface area contributed by atoms with E-state index in [0.717, 1.165) is 0 Å². The zero-order valence-corrected chi connectivity index (χ0v) is 19.9. The van der Waals surface area contributed by atoms with E-state index < -0.39 is 6.89 Å². The Labute approximate surface area is 150 Å². The summed E-state index contributed by atoms with van der Waals surface area (Å²) in [6, 6.07) is 0. The second-order valence-electron chi connectivity index (χ2n) is 3.23. The molecule has 0 nitrogen and oxygen atoms in total. The van der Waals surface area contributed by atoms with Crippen LogP contribution in [0.3, 0.4) is 0 Å². The average molecular weight is 556 g/mol. The molecule has 2 radical (unpaired) electrons. The first-order valence-corrected chi connectivity index (χ1v) is 9.66. The van der Waals surface area contributed by atoms with Gasteiger partial charge < -0.3 is 0 Å². The van der Waals surface area contributed by atoms with Crippen LogP contribution in [0.1, 0.15) is 0 Å². The third kappa shape index (κ3) is 21.5. The van der Waals surface area contributed by atoms with Crippen molar-refractivity contribution >= 4 is 41.5 Å². The second kappa shape index (κ2) is 13.7. The third-order valence-corrected chi connectivity index (χ3v) is 8.88. The Morgan fingerprint density at radius 2 is 1.69 bits per heavy atom. The molecule has 0 aliphatic carbocycles. The Balaban J connectivity index is -0.000000135. The zero-order valence-electron chi connectivity index (χ0n) is 8.49. The van der Waals surface area contributed by atoms with Gasteiger partial charge in [0.15, 0.2) is 0 Å². The van der Waals surface area contributed by atoms with Crippen LogP contribution in [0.25, 0.3) is 0 Å². The van der Waals surface area contributed by atoms with Crippen LogP contribution < -0.4 is 0 Å². The summed E-state index contributed by atoms with van der Waals surface area (Å²) >= 11 is 0. The van der Waals surface area contributed by atoms with E-state index in [1.165, 1.54) is 20.0 Å².